The molecule has 4 rings (SSSR count). The SMILES string of the molecule is CCc1c(C(=O)Nc2ccc(N3CCSCC3)c(Cl)c2)cnn1-c1ccccn1. The molecule has 3 aromatic rings. The van der Waals surface area contributed by atoms with Crippen molar-refractivity contribution in [3.63, 3.8) is 0 Å². The first kappa shape index (κ1) is 19.8. The van der Waals surface area contributed by atoms with Crippen molar-refractivity contribution in [1.82, 2.24) is 14.8 Å². The summed E-state index contributed by atoms with van der Waals surface area (Å²) in [5.74, 6) is 2.70. The molecule has 1 amide bonds. The third kappa shape index (κ3) is 4.26. The van der Waals surface area contributed by atoms with Gasteiger partial charge in [0.2, 0.25) is 0 Å². The number of halogens is 1. The van der Waals surface area contributed by atoms with Gasteiger partial charge in [-0.15, -0.1) is 0 Å². The molecule has 0 aliphatic carbocycles. The molecule has 150 valence electrons. The lowest BCUT2D eigenvalue weighted by Gasteiger charge is -2.29. The molecular weight excluding hydrogens is 406 g/mol. The quantitative estimate of drug-likeness (QED) is 0.658. The van der Waals surface area contributed by atoms with E-state index < -0.39 is 0 Å². The summed E-state index contributed by atoms with van der Waals surface area (Å²) >= 11 is 8.47. The Morgan fingerprint density at radius 1 is 1.24 bits per heavy atom. The topological polar surface area (TPSA) is 63.1 Å². The van der Waals surface area contributed by atoms with E-state index in [1.54, 1.807) is 17.1 Å². The second-order valence-corrected chi connectivity index (χ2v) is 8.31. The molecule has 0 spiro atoms. The number of thioether (sulfide) groups is 1. The van der Waals surface area contributed by atoms with Crippen molar-refractivity contribution in [2.75, 3.05) is 34.8 Å². The number of benzene rings is 1. The lowest BCUT2D eigenvalue weighted by Crippen LogP contribution is -2.32. The van der Waals surface area contributed by atoms with Gasteiger partial charge in [-0.3, -0.25) is 4.79 Å². The van der Waals surface area contributed by atoms with Crippen LogP contribution in [0.25, 0.3) is 5.82 Å². The van der Waals surface area contributed by atoms with Gasteiger partial charge in [0.1, 0.15) is 0 Å². The molecule has 1 aliphatic heterocycles. The number of nitrogens with zero attached hydrogens (tertiary/aromatic N) is 4. The van der Waals surface area contributed by atoms with Gasteiger partial charge in [-0.05, 0) is 36.8 Å². The van der Waals surface area contributed by atoms with Gasteiger partial charge in [-0.25, -0.2) is 9.67 Å². The van der Waals surface area contributed by atoms with E-state index in [1.165, 1.54) is 0 Å². The summed E-state index contributed by atoms with van der Waals surface area (Å²) in [5, 5.41) is 7.97. The average molecular weight is 428 g/mol. The van der Waals surface area contributed by atoms with Crippen molar-refractivity contribution in [2.45, 2.75) is 13.3 Å². The minimum absolute atomic E-state index is 0.206. The van der Waals surface area contributed by atoms with Gasteiger partial charge >= 0.3 is 0 Å². The van der Waals surface area contributed by atoms with Gasteiger partial charge in [-0.2, -0.15) is 16.9 Å². The van der Waals surface area contributed by atoms with Crippen LogP contribution in [0.3, 0.4) is 0 Å². The van der Waals surface area contributed by atoms with Gasteiger partial charge in [0.25, 0.3) is 5.91 Å². The van der Waals surface area contributed by atoms with E-state index in [0.717, 1.165) is 36.0 Å². The van der Waals surface area contributed by atoms with Crippen LogP contribution in [-0.2, 0) is 6.42 Å². The fourth-order valence-corrected chi connectivity index (χ4v) is 4.63. The minimum atomic E-state index is -0.206. The second kappa shape index (κ2) is 8.88. The van der Waals surface area contributed by atoms with Crippen LogP contribution in [0.1, 0.15) is 23.0 Å². The molecule has 3 heterocycles. The number of hydrogen-bond acceptors (Lipinski definition) is 5. The Kier molecular flexibility index (Phi) is 6.06. The van der Waals surface area contributed by atoms with Crippen LogP contribution in [0.5, 0.6) is 0 Å². The summed E-state index contributed by atoms with van der Waals surface area (Å²) in [4.78, 5) is 19.5. The maximum absolute atomic E-state index is 12.9. The predicted octanol–water partition coefficient (Wildman–Crippen LogP) is 4.29. The zero-order valence-corrected chi connectivity index (χ0v) is 17.7. The van der Waals surface area contributed by atoms with Crippen molar-refractivity contribution < 1.29 is 4.79 Å². The number of rotatable bonds is 5. The first-order valence-corrected chi connectivity index (χ1v) is 11.1. The maximum Gasteiger partial charge on any atom is 0.259 e. The van der Waals surface area contributed by atoms with Gasteiger partial charge < -0.3 is 10.2 Å². The molecule has 29 heavy (non-hydrogen) atoms. The molecule has 1 fully saturated rings. The van der Waals surface area contributed by atoms with Crippen LogP contribution in [0, 0.1) is 0 Å². The number of amides is 1. The van der Waals surface area contributed by atoms with E-state index in [4.69, 9.17) is 11.6 Å². The minimum Gasteiger partial charge on any atom is -0.369 e. The van der Waals surface area contributed by atoms with E-state index >= 15 is 0 Å². The highest BCUT2D eigenvalue weighted by Crippen LogP contribution is 2.31. The zero-order chi connectivity index (χ0) is 20.2. The molecule has 0 atom stereocenters. The lowest BCUT2D eigenvalue weighted by atomic mass is 10.2. The number of aromatic nitrogens is 3. The summed E-state index contributed by atoms with van der Waals surface area (Å²) in [6, 6.07) is 11.3. The number of hydrogen-bond donors (Lipinski definition) is 1. The Morgan fingerprint density at radius 2 is 2.07 bits per heavy atom. The Balaban J connectivity index is 1.54. The highest BCUT2D eigenvalue weighted by atomic mass is 35.5. The Bertz CT molecular complexity index is 1000. The van der Waals surface area contributed by atoms with E-state index in [1.807, 2.05) is 55.1 Å². The maximum atomic E-state index is 12.9. The van der Waals surface area contributed by atoms with Crippen molar-refractivity contribution in [3.8, 4) is 5.82 Å². The zero-order valence-electron chi connectivity index (χ0n) is 16.1. The third-order valence-electron chi connectivity index (χ3n) is 4.87. The summed E-state index contributed by atoms with van der Waals surface area (Å²) in [6.07, 6.45) is 3.96. The number of nitrogens with one attached hydrogen (secondary N) is 1. The molecule has 0 unspecified atom stereocenters. The monoisotopic (exact) mass is 427 g/mol. The van der Waals surface area contributed by atoms with Gasteiger partial charge in [-0.1, -0.05) is 24.6 Å². The number of carbonyl (C=O) groups excluding carboxylic acids is 1. The van der Waals surface area contributed by atoms with Gasteiger partial charge in [0.05, 0.1) is 28.2 Å². The van der Waals surface area contributed by atoms with Crippen LogP contribution >= 0.6 is 23.4 Å². The van der Waals surface area contributed by atoms with Gasteiger partial charge in [0.15, 0.2) is 5.82 Å². The third-order valence-corrected chi connectivity index (χ3v) is 6.12. The number of pyridine rings is 1. The van der Waals surface area contributed by atoms with Crippen molar-refractivity contribution in [3.05, 3.63) is 65.1 Å². The summed E-state index contributed by atoms with van der Waals surface area (Å²) in [5.41, 5.74) is 3.03. The standard InChI is InChI=1S/C21H22ClN5OS/c1-2-18-16(14-24-27(18)20-5-3-4-8-23-20)21(28)25-15-6-7-19(17(22)13-15)26-9-11-29-12-10-26/h3-8,13-14H,2,9-12H2,1H3,(H,25,28). The molecule has 2 aromatic heterocycles. The van der Waals surface area contributed by atoms with E-state index in [9.17, 15) is 4.79 Å². The molecule has 1 N–H and O–H groups in total. The number of carbonyl (C=O) groups is 1. The van der Waals surface area contributed by atoms with Crippen molar-refractivity contribution >= 4 is 40.6 Å². The second-order valence-electron chi connectivity index (χ2n) is 6.68. The highest BCUT2D eigenvalue weighted by molar-refractivity contribution is 7.99. The van der Waals surface area contributed by atoms with Crippen LogP contribution < -0.4 is 10.2 Å². The van der Waals surface area contributed by atoms with E-state index in [0.29, 0.717) is 28.5 Å². The van der Waals surface area contributed by atoms with Crippen LogP contribution in [0.2, 0.25) is 5.02 Å². The molecule has 0 bridgehead atoms. The predicted molar refractivity (Wildman–Crippen MR) is 120 cm³/mol. The van der Waals surface area contributed by atoms with Crippen molar-refractivity contribution in [1.29, 1.82) is 0 Å². The molecular formula is C21H22ClN5OS. The van der Waals surface area contributed by atoms with Gasteiger partial charge in [0, 0.05) is 36.5 Å². The Morgan fingerprint density at radius 3 is 2.76 bits per heavy atom. The largest absolute Gasteiger partial charge is 0.369 e. The molecule has 1 aromatic carbocycles. The molecule has 0 saturated carbocycles. The Hall–Kier alpha value is -2.51. The number of anilines is 2. The summed E-state index contributed by atoms with van der Waals surface area (Å²) in [7, 11) is 0. The average Bonchev–Trinajstić information content (AvgIpc) is 3.19. The summed E-state index contributed by atoms with van der Waals surface area (Å²) < 4.78 is 1.71. The van der Waals surface area contributed by atoms with Crippen LogP contribution in [0.15, 0.2) is 48.8 Å². The molecule has 1 saturated heterocycles. The Labute approximate surface area is 179 Å². The summed E-state index contributed by atoms with van der Waals surface area (Å²) in [6.45, 7) is 3.97. The van der Waals surface area contributed by atoms with E-state index in [-0.39, 0.29) is 5.91 Å². The first-order chi connectivity index (χ1) is 14.2. The molecule has 0 radical (unpaired) electrons. The van der Waals surface area contributed by atoms with E-state index in [2.05, 4.69) is 20.3 Å². The van der Waals surface area contributed by atoms with Crippen LogP contribution in [-0.4, -0.2) is 45.3 Å². The van der Waals surface area contributed by atoms with Crippen LogP contribution in [0.4, 0.5) is 11.4 Å². The lowest BCUT2D eigenvalue weighted by molar-refractivity contribution is 0.102. The first-order valence-electron chi connectivity index (χ1n) is 9.59. The fourth-order valence-electron chi connectivity index (χ4n) is 3.42. The smallest absolute Gasteiger partial charge is 0.259 e. The molecule has 6 nitrogen and oxygen atoms in total. The van der Waals surface area contributed by atoms with Crippen molar-refractivity contribution in [2.24, 2.45) is 0 Å². The highest BCUT2D eigenvalue weighted by Gasteiger charge is 2.19. The molecule has 8 heteroatoms. The molecule has 1 aliphatic rings. The fraction of sp³-hybridized carbons (Fsp3) is 0.286. The normalized spacial score (nSPS) is 14.1.